The lowest BCUT2D eigenvalue weighted by Crippen LogP contribution is -2.29. The van der Waals surface area contributed by atoms with Gasteiger partial charge in [0.25, 0.3) is 11.2 Å². The molecular formula is C13H13N5O6. The van der Waals surface area contributed by atoms with Crippen LogP contribution in [0.4, 0.5) is 17.1 Å². The number of hydrogen-bond acceptors (Lipinski definition) is 8. The van der Waals surface area contributed by atoms with E-state index in [1.807, 2.05) is 4.98 Å². The molecule has 0 atom stereocenters. The molecule has 24 heavy (non-hydrogen) atoms. The molecule has 0 saturated carbocycles. The molecule has 0 fully saturated rings. The van der Waals surface area contributed by atoms with E-state index in [2.05, 4.69) is 10.2 Å². The van der Waals surface area contributed by atoms with E-state index in [0.717, 1.165) is 4.57 Å². The Kier molecular flexibility index (Phi) is 5.16. The number of nitrogens with zero attached hydrogens (tertiary/aromatic N) is 4. The quantitative estimate of drug-likeness (QED) is 0.404. The maximum absolute atomic E-state index is 11.7. The van der Waals surface area contributed by atoms with Crippen LogP contribution >= 0.6 is 0 Å². The van der Waals surface area contributed by atoms with E-state index in [4.69, 9.17) is 5.11 Å². The Balaban J connectivity index is 2.36. The van der Waals surface area contributed by atoms with Gasteiger partial charge in [-0.3, -0.25) is 24.5 Å². The third kappa shape index (κ3) is 3.70. The monoisotopic (exact) mass is 335 g/mol. The van der Waals surface area contributed by atoms with E-state index in [1.165, 1.54) is 24.3 Å². The number of aromatic hydroxyl groups is 1. The van der Waals surface area contributed by atoms with Crippen molar-refractivity contribution in [2.45, 2.75) is 13.0 Å². The number of aliphatic hydroxyl groups is 1. The number of nitrogens with one attached hydrogen (secondary N) is 1. The smallest absolute Gasteiger partial charge is 0.331 e. The fraction of sp³-hybridized carbons (Fsp3) is 0.231. The van der Waals surface area contributed by atoms with Gasteiger partial charge in [0.05, 0.1) is 10.6 Å². The van der Waals surface area contributed by atoms with Gasteiger partial charge in [0.15, 0.2) is 0 Å². The Morgan fingerprint density at radius 2 is 1.88 bits per heavy atom. The molecule has 1 aromatic heterocycles. The van der Waals surface area contributed by atoms with Gasteiger partial charge in [-0.2, -0.15) is 5.11 Å². The molecule has 1 aromatic carbocycles. The topological polar surface area (TPSA) is 163 Å². The second-order valence-corrected chi connectivity index (χ2v) is 4.63. The summed E-state index contributed by atoms with van der Waals surface area (Å²) in [6.45, 7) is -0.220. The summed E-state index contributed by atoms with van der Waals surface area (Å²) in [6.07, 6.45) is 0.193. The first-order chi connectivity index (χ1) is 11.4. The minimum absolute atomic E-state index is 0.0159. The van der Waals surface area contributed by atoms with Crippen LogP contribution in [0, 0.1) is 10.1 Å². The van der Waals surface area contributed by atoms with Crippen LogP contribution in [0.3, 0.4) is 0 Å². The Bertz CT molecular complexity index is 883. The van der Waals surface area contributed by atoms with E-state index < -0.39 is 27.7 Å². The van der Waals surface area contributed by atoms with Gasteiger partial charge in [-0.1, -0.05) is 0 Å². The second-order valence-electron chi connectivity index (χ2n) is 4.63. The molecule has 3 N–H and O–H groups in total. The number of hydrogen-bond donors (Lipinski definition) is 3. The lowest BCUT2D eigenvalue weighted by Gasteiger charge is -2.07. The molecule has 0 aliphatic rings. The van der Waals surface area contributed by atoms with Crippen molar-refractivity contribution in [1.29, 1.82) is 0 Å². The van der Waals surface area contributed by atoms with Gasteiger partial charge in [-0.15, -0.1) is 5.11 Å². The van der Waals surface area contributed by atoms with Crippen molar-refractivity contribution in [3.63, 3.8) is 0 Å². The third-order valence-corrected chi connectivity index (χ3v) is 3.01. The molecule has 0 unspecified atom stereocenters. The summed E-state index contributed by atoms with van der Waals surface area (Å²) in [5, 5.41) is 36.6. The summed E-state index contributed by atoms with van der Waals surface area (Å²) in [5.74, 6) is -0.678. The van der Waals surface area contributed by atoms with Gasteiger partial charge in [0.2, 0.25) is 11.6 Å². The van der Waals surface area contributed by atoms with E-state index in [0.29, 0.717) is 0 Å². The van der Waals surface area contributed by atoms with Gasteiger partial charge in [0.1, 0.15) is 0 Å². The zero-order valence-corrected chi connectivity index (χ0v) is 12.2. The number of aromatic nitrogens is 2. The predicted molar refractivity (Wildman–Crippen MR) is 82.0 cm³/mol. The molecule has 0 aliphatic heterocycles. The SMILES string of the molecule is O=c1[nH]c(=O)n(CCCO)c(O)c1N=Nc1ccc([N+](=O)[O-])cc1. The van der Waals surface area contributed by atoms with Crippen molar-refractivity contribution in [2.75, 3.05) is 6.61 Å². The first-order valence-corrected chi connectivity index (χ1v) is 6.77. The number of nitro groups is 1. The molecule has 0 amide bonds. The molecule has 1 heterocycles. The van der Waals surface area contributed by atoms with Gasteiger partial charge >= 0.3 is 5.69 Å². The van der Waals surface area contributed by atoms with Crippen LogP contribution in [0.2, 0.25) is 0 Å². The normalized spacial score (nSPS) is 11.0. The summed E-state index contributed by atoms with van der Waals surface area (Å²) < 4.78 is 0.849. The second kappa shape index (κ2) is 7.28. The van der Waals surface area contributed by atoms with E-state index in [1.54, 1.807) is 0 Å². The number of non-ortho nitro benzene ring substituents is 1. The van der Waals surface area contributed by atoms with Crippen LogP contribution < -0.4 is 11.2 Å². The van der Waals surface area contributed by atoms with Crippen LogP contribution in [0.25, 0.3) is 0 Å². The Morgan fingerprint density at radius 3 is 2.46 bits per heavy atom. The number of nitro benzene ring substituents is 1. The van der Waals surface area contributed by atoms with Crippen LogP contribution in [-0.4, -0.2) is 31.3 Å². The molecule has 2 rings (SSSR count). The fourth-order valence-electron chi connectivity index (χ4n) is 1.82. The summed E-state index contributed by atoms with van der Waals surface area (Å²) in [6, 6.07) is 5.05. The molecule has 11 nitrogen and oxygen atoms in total. The predicted octanol–water partition coefficient (Wildman–Crippen LogP) is 0.948. The van der Waals surface area contributed by atoms with Crippen LogP contribution in [-0.2, 0) is 6.54 Å². The van der Waals surface area contributed by atoms with Crippen molar-refractivity contribution in [2.24, 2.45) is 10.2 Å². The summed E-state index contributed by atoms with van der Waals surface area (Å²) in [5.41, 5.74) is -2.16. The average Bonchev–Trinajstić information content (AvgIpc) is 2.54. The number of benzene rings is 1. The average molecular weight is 335 g/mol. The lowest BCUT2D eigenvalue weighted by molar-refractivity contribution is -0.384. The van der Waals surface area contributed by atoms with Crippen molar-refractivity contribution in [3.8, 4) is 5.88 Å². The Hall–Kier alpha value is -3.34. The molecule has 0 aliphatic carbocycles. The van der Waals surface area contributed by atoms with E-state index >= 15 is 0 Å². The number of H-pyrrole nitrogens is 1. The van der Waals surface area contributed by atoms with Crippen molar-refractivity contribution >= 4 is 17.1 Å². The zero-order chi connectivity index (χ0) is 17.7. The maximum atomic E-state index is 11.7. The van der Waals surface area contributed by atoms with E-state index in [-0.39, 0.29) is 30.9 Å². The largest absolute Gasteiger partial charge is 0.493 e. The van der Waals surface area contributed by atoms with Gasteiger partial charge in [-0.05, 0) is 18.6 Å². The molecular weight excluding hydrogens is 322 g/mol. The van der Waals surface area contributed by atoms with Crippen molar-refractivity contribution in [1.82, 2.24) is 9.55 Å². The Morgan fingerprint density at radius 1 is 1.21 bits per heavy atom. The molecule has 11 heteroatoms. The van der Waals surface area contributed by atoms with Crippen molar-refractivity contribution < 1.29 is 15.1 Å². The Labute approximate surface area is 133 Å². The molecule has 0 bridgehead atoms. The summed E-state index contributed by atoms with van der Waals surface area (Å²) >= 11 is 0. The van der Waals surface area contributed by atoms with Gasteiger partial charge in [-0.25, -0.2) is 4.79 Å². The maximum Gasteiger partial charge on any atom is 0.331 e. The number of aromatic amines is 1. The molecule has 0 saturated heterocycles. The van der Waals surface area contributed by atoms with Gasteiger partial charge < -0.3 is 10.2 Å². The fourth-order valence-corrected chi connectivity index (χ4v) is 1.82. The lowest BCUT2D eigenvalue weighted by atomic mass is 10.3. The summed E-state index contributed by atoms with van der Waals surface area (Å²) in [7, 11) is 0. The highest BCUT2D eigenvalue weighted by molar-refractivity contribution is 5.47. The molecule has 0 radical (unpaired) electrons. The summed E-state index contributed by atoms with van der Waals surface area (Å²) in [4.78, 5) is 35.3. The van der Waals surface area contributed by atoms with Crippen LogP contribution in [0.5, 0.6) is 5.88 Å². The molecule has 0 spiro atoms. The number of azo groups is 1. The standard InChI is InChI=1S/C13H13N5O6/c19-7-1-6-17-12(21)10(11(20)14-13(17)22)16-15-8-2-4-9(5-3-8)18(23)24/h2-5,19,21H,1,6-7H2,(H,14,20,22). The number of aliphatic hydroxyl groups excluding tert-OH is 1. The number of rotatable bonds is 6. The third-order valence-electron chi connectivity index (χ3n) is 3.01. The first-order valence-electron chi connectivity index (χ1n) is 6.77. The minimum Gasteiger partial charge on any atom is -0.493 e. The highest BCUT2D eigenvalue weighted by Gasteiger charge is 2.13. The highest BCUT2D eigenvalue weighted by atomic mass is 16.6. The molecule has 126 valence electrons. The molecule has 2 aromatic rings. The highest BCUT2D eigenvalue weighted by Crippen LogP contribution is 2.24. The van der Waals surface area contributed by atoms with Gasteiger partial charge in [0, 0.05) is 25.3 Å². The van der Waals surface area contributed by atoms with E-state index in [9.17, 15) is 24.8 Å². The first kappa shape index (κ1) is 17.0. The van der Waals surface area contributed by atoms with Crippen molar-refractivity contribution in [3.05, 3.63) is 55.2 Å². The van der Waals surface area contributed by atoms with Crippen LogP contribution in [0.15, 0.2) is 44.1 Å². The minimum atomic E-state index is -0.927. The van der Waals surface area contributed by atoms with Crippen LogP contribution in [0.1, 0.15) is 6.42 Å². The zero-order valence-electron chi connectivity index (χ0n) is 12.2.